The van der Waals surface area contributed by atoms with E-state index in [0.29, 0.717) is 19.4 Å². The highest BCUT2D eigenvalue weighted by Crippen LogP contribution is 2.46. The van der Waals surface area contributed by atoms with E-state index in [0.717, 1.165) is 0 Å². The fourth-order valence-corrected chi connectivity index (χ4v) is 3.92. The van der Waals surface area contributed by atoms with Gasteiger partial charge in [-0.1, -0.05) is 0 Å². The normalized spacial score (nSPS) is 19.7. The van der Waals surface area contributed by atoms with Crippen molar-refractivity contribution in [1.82, 2.24) is 10.2 Å². The number of carbonyl (C=O) groups is 2. The van der Waals surface area contributed by atoms with Crippen molar-refractivity contribution in [3.8, 4) is 0 Å². The maximum Gasteiger partial charge on any atom is 0.349 e. The number of hydrogen-bond donors (Lipinski definition) is 3. The van der Waals surface area contributed by atoms with Gasteiger partial charge < -0.3 is 30.1 Å². The van der Waals surface area contributed by atoms with Crippen LogP contribution in [0, 0.1) is 0 Å². The zero-order chi connectivity index (χ0) is 17.5. The van der Waals surface area contributed by atoms with Crippen LogP contribution in [-0.2, 0) is 23.2 Å². The molecule has 9 nitrogen and oxygen atoms in total. The molecule has 1 heterocycles. The quantitative estimate of drug-likeness (QED) is 0.483. The number of likely N-dealkylation sites (tertiary alicyclic amines) is 1. The molecule has 0 aromatic heterocycles. The van der Waals surface area contributed by atoms with Gasteiger partial charge in [0.25, 0.3) is 5.91 Å². The van der Waals surface area contributed by atoms with Gasteiger partial charge in [-0.05, 0) is 26.7 Å². The Morgan fingerprint density at radius 1 is 1.39 bits per heavy atom. The van der Waals surface area contributed by atoms with Gasteiger partial charge in [0.15, 0.2) is 6.10 Å². The van der Waals surface area contributed by atoms with Gasteiger partial charge in [-0.15, -0.1) is 0 Å². The van der Waals surface area contributed by atoms with E-state index in [1.54, 1.807) is 13.8 Å². The summed E-state index contributed by atoms with van der Waals surface area (Å²) < 4.78 is 22.4. The highest BCUT2D eigenvalue weighted by molar-refractivity contribution is 7.53. The van der Waals surface area contributed by atoms with Crippen LogP contribution < -0.4 is 11.1 Å². The van der Waals surface area contributed by atoms with E-state index in [4.69, 9.17) is 14.8 Å². The molecule has 134 valence electrons. The van der Waals surface area contributed by atoms with Gasteiger partial charge in [0.2, 0.25) is 5.91 Å². The van der Waals surface area contributed by atoms with Gasteiger partial charge in [0.05, 0.1) is 25.8 Å². The van der Waals surface area contributed by atoms with Crippen LogP contribution in [0.5, 0.6) is 0 Å². The number of nitrogens with one attached hydrogen (secondary N) is 1. The van der Waals surface area contributed by atoms with Crippen molar-refractivity contribution in [3.63, 3.8) is 0 Å². The smallest absolute Gasteiger partial charge is 0.349 e. The lowest BCUT2D eigenvalue weighted by molar-refractivity contribution is -0.138. The lowest BCUT2D eigenvalue weighted by atomic mass is 10.1. The Bertz CT molecular complexity index is 451. The van der Waals surface area contributed by atoms with Crippen molar-refractivity contribution in [2.75, 3.05) is 32.6 Å². The van der Waals surface area contributed by atoms with E-state index >= 15 is 0 Å². The summed E-state index contributed by atoms with van der Waals surface area (Å²) in [6, 6.07) is -0.621. The molecule has 1 fully saturated rings. The Balaban J connectivity index is 2.62. The second-order valence-corrected chi connectivity index (χ2v) is 7.15. The highest BCUT2D eigenvalue weighted by atomic mass is 31.2. The van der Waals surface area contributed by atoms with Crippen LogP contribution in [0.4, 0.5) is 0 Å². The maximum atomic E-state index is 12.3. The molecule has 1 aliphatic heterocycles. The minimum Gasteiger partial charge on any atom is -0.381 e. The van der Waals surface area contributed by atoms with Crippen molar-refractivity contribution in [2.45, 2.75) is 38.8 Å². The lowest BCUT2D eigenvalue weighted by Gasteiger charge is -2.28. The van der Waals surface area contributed by atoms with Gasteiger partial charge in [-0.3, -0.25) is 14.2 Å². The number of nitrogens with zero attached hydrogens (tertiary/aromatic N) is 1. The van der Waals surface area contributed by atoms with Crippen molar-refractivity contribution in [3.05, 3.63) is 0 Å². The first-order valence-electron chi connectivity index (χ1n) is 7.72. The molecular formula is C13H26N3O6P. The van der Waals surface area contributed by atoms with Crippen LogP contribution in [0.2, 0.25) is 0 Å². The third-order valence-electron chi connectivity index (χ3n) is 3.53. The molecule has 10 heteroatoms. The average molecular weight is 351 g/mol. The number of nitrogens with two attached hydrogens (primary N) is 1. The lowest BCUT2D eigenvalue weighted by Crippen LogP contribution is -2.51. The Morgan fingerprint density at radius 2 is 2.00 bits per heavy atom. The molecule has 0 aromatic carbocycles. The molecule has 1 rings (SSSR count). The van der Waals surface area contributed by atoms with Gasteiger partial charge in [-0.2, -0.15) is 0 Å². The van der Waals surface area contributed by atoms with Gasteiger partial charge in [0.1, 0.15) is 6.29 Å². The SMILES string of the molecule is CCOP(=O)(CNC(=O)C(O)[C@@H]1CCCN1C(=O)CN)OCC. The summed E-state index contributed by atoms with van der Waals surface area (Å²) in [5.41, 5.74) is 5.33. The summed E-state index contributed by atoms with van der Waals surface area (Å²) in [5.74, 6) is -1.03. The molecule has 2 amide bonds. The first-order chi connectivity index (χ1) is 10.9. The average Bonchev–Trinajstić information content (AvgIpc) is 3.01. The van der Waals surface area contributed by atoms with Gasteiger partial charge in [0, 0.05) is 6.54 Å². The molecular weight excluding hydrogens is 325 g/mol. The number of amides is 2. The molecule has 1 unspecified atom stereocenters. The molecule has 4 N–H and O–H groups in total. The van der Waals surface area contributed by atoms with Gasteiger partial charge >= 0.3 is 7.60 Å². The van der Waals surface area contributed by atoms with E-state index in [2.05, 4.69) is 5.32 Å². The number of carbonyl (C=O) groups excluding carboxylic acids is 2. The number of aliphatic hydroxyl groups is 1. The van der Waals surface area contributed by atoms with Crippen molar-refractivity contribution in [1.29, 1.82) is 0 Å². The minimum atomic E-state index is -3.43. The van der Waals surface area contributed by atoms with Crippen LogP contribution in [-0.4, -0.2) is 66.6 Å². The molecule has 0 saturated carbocycles. The topological polar surface area (TPSA) is 131 Å². The number of hydrogen-bond acceptors (Lipinski definition) is 7. The Labute approximate surface area is 136 Å². The monoisotopic (exact) mass is 351 g/mol. The van der Waals surface area contributed by atoms with E-state index in [1.807, 2.05) is 0 Å². The van der Waals surface area contributed by atoms with Crippen LogP contribution in [0.1, 0.15) is 26.7 Å². The number of rotatable bonds is 9. The Morgan fingerprint density at radius 3 is 2.52 bits per heavy atom. The third-order valence-corrected chi connectivity index (χ3v) is 5.37. The van der Waals surface area contributed by atoms with E-state index < -0.39 is 25.6 Å². The molecule has 0 bridgehead atoms. The Kier molecular flexibility index (Phi) is 8.15. The second-order valence-electron chi connectivity index (χ2n) is 5.09. The van der Waals surface area contributed by atoms with Crippen molar-refractivity contribution in [2.24, 2.45) is 5.73 Å². The highest BCUT2D eigenvalue weighted by Gasteiger charge is 2.37. The van der Waals surface area contributed by atoms with Crippen LogP contribution >= 0.6 is 7.60 Å². The van der Waals surface area contributed by atoms with Crippen molar-refractivity contribution < 1.29 is 28.3 Å². The first kappa shape index (κ1) is 20.1. The zero-order valence-electron chi connectivity index (χ0n) is 13.6. The summed E-state index contributed by atoms with van der Waals surface area (Å²) >= 11 is 0. The van der Waals surface area contributed by atoms with Crippen LogP contribution in [0.25, 0.3) is 0 Å². The molecule has 0 aromatic rings. The van der Waals surface area contributed by atoms with Crippen LogP contribution in [0.15, 0.2) is 0 Å². The molecule has 23 heavy (non-hydrogen) atoms. The molecule has 1 saturated heterocycles. The summed E-state index contributed by atoms with van der Waals surface area (Å²) in [6.45, 7) is 3.97. The standard InChI is InChI=1S/C13H26N3O6P/c1-3-21-23(20,22-4-2)9-15-13(19)12(18)10-6-5-7-16(10)11(17)8-14/h10,12,18H,3-9,14H2,1-2H3,(H,15,19)/t10-,12?/m0/s1. The predicted octanol–water partition coefficient (Wildman–Crippen LogP) is -0.363. The first-order valence-corrected chi connectivity index (χ1v) is 9.44. The summed E-state index contributed by atoms with van der Waals surface area (Å²) in [4.78, 5) is 25.2. The zero-order valence-corrected chi connectivity index (χ0v) is 14.5. The summed E-state index contributed by atoms with van der Waals surface area (Å²) in [5, 5.41) is 12.5. The van der Waals surface area contributed by atoms with Crippen molar-refractivity contribution >= 4 is 19.4 Å². The molecule has 0 aliphatic carbocycles. The van der Waals surface area contributed by atoms with E-state index in [-0.39, 0.29) is 32.0 Å². The second kappa shape index (κ2) is 9.34. The largest absolute Gasteiger partial charge is 0.381 e. The van der Waals surface area contributed by atoms with Crippen LogP contribution in [0.3, 0.4) is 0 Å². The fourth-order valence-electron chi connectivity index (χ4n) is 2.52. The van der Waals surface area contributed by atoms with Gasteiger partial charge in [-0.25, -0.2) is 0 Å². The maximum absolute atomic E-state index is 12.3. The molecule has 0 spiro atoms. The fraction of sp³-hybridized carbons (Fsp3) is 0.846. The summed E-state index contributed by atoms with van der Waals surface area (Å²) in [6.07, 6.45) is -0.543. The minimum absolute atomic E-state index is 0.172. The van der Waals surface area contributed by atoms with E-state index in [1.165, 1.54) is 4.90 Å². The summed E-state index contributed by atoms with van der Waals surface area (Å²) in [7, 11) is -3.43. The molecule has 0 radical (unpaired) electrons. The number of aliphatic hydroxyl groups excluding tert-OH is 1. The molecule has 1 aliphatic rings. The third kappa shape index (κ3) is 5.54. The van der Waals surface area contributed by atoms with E-state index in [9.17, 15) is 19.3 Å². The Hall–Kier alpha value is -0.990. The predicted molar refractivity (Wildman–Crippen MR) is 83.7 cm³/mol. The molecule has 2 atom stereocenters.